The predicted molar refractivity (Wildman–Crippen MR) is 129 cm³/mol. The first-order valence-corrected chi connectivity index (χ1v) is 11.5. The van der Waals surface area contributed by atoms with E-state index in [0.717, 1.165) is 31.7 Å². The van der Waals surface area contributed by atoms with E-state index in [1.54, 1.807) is 0 Å². The first-order valence-electron chi connectivity index (χ1n) is 11.5. The second-order valence-electron chi connectivity index (χ2n) is 10.6. The van der Waals surface area contributed by atoms with Gasteiger partial charge in [-0.15, -0.1) is 0 Å². The molecular weight excluding hydrogens is 388 g/mol. The van der Waals surface area contributed by atoms with Gasteiger partial charge in [0.2, 0.25) is 5.91 Å². The Labute approximate surface area is 189 Å². The molecule has 0 bridgehead atoms. The summed E-state index contributed by atoms with van der Waals surface area (Å²) in [6.45, 7) is 20.1. The molecule has 6 heteroatoms. The molecule has 0 heterocycles. The third-order valence-corrected chi connectivity index (χ3v) is 4.70. The maximum Gasteiger partial charge on any atom is 0.253 e. The minimum atomic E-state index is 0.00759. The average molecular weight is 433 g/mol. The minimum absolute atomic E-state index is 0.00759. The number of rotatable bonds is 12. The zero-order chi connectivity index (χ0) is 23.5. The van der Waals surface area contributed by atoms with E-state index in [9.17, 15) is 9.59 Å². The molecule has 0 saturated carbocycles. The van der Waals surface area contributed by atoms with Gasteiger partial charge in [0.1, 0.15) is 0 Å². The van der Waals surface area contributed by atoms with Crippen molar-refractivity contribution in [2.24, 2.45) is 10.8 Å². The molecule has 0 fully saturated rings. The van der Waals surface area contributed by atoms with Crippen LogP contribution in [0.25, 0.3) is 0 Å². The quantitative estimate of drug-likeness (QED) is 0.443. The van der Waals surface area contributed by atoms with Gasteiger partial charge in [-0.1, -0.05) is 60.6 Å². The lowest BCUT2D eigenvalue weighted by atomic mass is 9.97. The van der Waals surface area contributed by atoms with E-state index in [-0.39, 0.29) is 22.6 Å². The summed E-state index contributed by atoms with van der Waals surface area (Å²) in [6, 6.07) is 7.56. The lowest BCUT2D eigenvalue weighted by Crippen LogP contribution is -2.43. The number of amides is 2. The molecule has 176 valence electrons. The maximum absolute atomic E-state index is 13.3. The summed E-state index contributed by atoms with van der Waals surface area (Å²) in [5.74, 6) is 0.0342. The minimum Gasteiger partial charge on any atom is -0.352 e. The molecule has 0 radical (unpaired) electrons. The van der Waals surface area contributed by atoms with Crippen molar-refractivity contribution in [3.8, 4) is 0 Å². The lowest BCUT2D eigenvalue weighted by molar-refractivity contribution is -0.120. The smallest absolute Gasteiger partial charge is 0.253 e. The molecule has 6 nitrogen and oxygen atoms in total. The molecule has 1 aromatic rings. The largest absolute Gasteiger partial charge is 0.352 e. The second-order valence-corrected chi connectivity index (χ2v) is 10.6. The highest BCUT2D eigenvalue weighted by Gasteiger charge is 2.17. The van der Waals surface area contributed by atoms with Crippen LogP contribution in [-0.4, -0.2) is 56.0 Å². The Morgan fingerprint density at radius 2 is 1.45 bits per heavy atom. The summed E-state index contributed by atoms with van der Waals surface area (Å²) >= 11 is 0. The topological polar surface area (TPSA) is 73.5 Å². The summed E-state index contributed by atoms with van der Waals surface area (Å²) in [5.41, 5.74) is 2.01. The van der Waals surface area contributed by atoms with Crippen LogP contribution in [0.2, 0.25) is 0 Å². The Bertz CT molecular complexity index is 667. The summed E-state index contributed by atoms with van der Waals surface area (Å²) in [4.78, 5) is 26.7. The van der Waals surface area contributed by atoms with Crippen LogP contribution in [0.1, 0.15) is 70.8 Å². The van der Waals surface area contributed by atoms with E-state index in [0.29, 0.717) is 31.6 Å². The number of carbonyl (C=O) groups excluding carboxylic acids is 2. The van der Waals surface area contributed by atoms with E-state index < -0.39 is 0 Å². The van der Waals surface area contributed by atoms with Crippen molar-refractivity contribution < 1.29 is 9.59 Å². The van der Waals surface area contributed by atoms with E-state index in [1.165, 1.54) is 0 Å². The zero-order valence-electron chi connectivity index (χ0n) is 20.7. The van der Waals surface area contributed by atoms with Crippen molar-refractivity contribution in [2.75, 3.05) is 39.3 Å². The molecule has 1 rings (SSSR count). The van der Waals surface area contributed by atoms with E-state index in [4.69, 9.17) is 0 Å². The molecular formula is C25H44N4O2. The average Bonchev–Trinajstić information content (AvgIpc) is 2.69. The van der Waals surface area contributed by atoms with Crippen LogP contribution in [-0.2, 0) is 11.3 Å². The van der Waals surface area contributed by atoms with Crippen LogP contribution in [0.5, 0.6) is 0 Å². The van der Waals surface area contributed by atoms with E-state index in [2.05, 4.69) is 57.5 Å². The number of carbonyl (C=O) groups is 2. The molecule has 31 heavy (non-hydrogen) atoms. The van der Waals surface area contributed by atoms with Gasteiger partial charge >= 0.3 is 0 Å². The van der Waals surface area contributed by atoms with E-state index in [1.807, 2.05) is 36.1 Å². The van der Waals surface area contributed by atoms with Gasteiger partial charge in [-0.05, 0) is 28.5 Å². The number of hydrogen-bond acceptors (Lipinski definition) is 4. The Morgan fingerprint density at radius 1 is 0.903 bits per heavy atom. The summed E-state index contributed by atoms with van der Waals surface area (Å²) in [7, 11) is 0. The van der Waals surface area contributed by atoms with Gasteiger partial charge in [0.05, 0.1) is 0 Å². The van der Waals surface area contributed by atoms with Crippen LogP contribution in [0.3, 0.4) is 0 Å². The van der Waals surface area contributed by atoms with Crippen molar-refractivity contribution >= 4 is 11.8 Å². The van der Waals surface area contributed by atoms with Crippen LogP contribution in [0.15, 0.2) is 24.3 Å². The first kappa shape index (κ1) is 27.1. The van der Waals surface area contributed by atoms with Crippen LogP contribution >= 0.6 is 0 Å². The van der Waals surface area contributed by atoms with Gasteiger partial charge in [0.25, 0.3) is 5.91 Å². The monoisotopic (exact) mass is 432 g/mol. The van der Waals surface area contributed by atoms with Gasteiger partial charge < -0.3 is 20.9 Å². The number of benzene rings is 1. The predicted octanol–water partition coefficient (Wildman–Crippen LogP) is 3.43. The molecule has 0 aliphatic carbocycles. The number of hydrogen-bond donors (Lipinski definition) is 3. The van der Waals surface area contributed by atoms with Crippen LogP contribution in [0.4, 0.5) is 0 Å². The van der Waals surface area contributed by atoms with Crippen molar-refractivity contribution in [1.29, 1.82) is 0 Å². The van der Waals surface area contributed by atoms with E-state index >= 15 is 0 Å². The van der Waals surface area contributed by atoms with Gasteiger partial charge in [-0.25, -0.2) is 0 Å². The Kier molecular flexibility index (Phi) is 11.2. The van der Waals surface area contributed by atoms with Crippen molar-refractivity contribution in [2.45, 2.75) is 61.4 Å². The molecule has 1 aromatic carbocycles. The Morgan fingerprint density at radius 3 is 1.94 bits per heavy atom. The van der Waals surface area contributed by atoms with Crippen LogP contribution < -0.4 is 16.0 Å². The molecule has 0 atom stereocenters. The van der Waals surface area contributed by atoms with Gasteiger partial charge in [-0.3, -0.25) is 9.59 Å². The SMILES string of the molecule is CCC(=O)NCc1cccc(C(=O)N(CCNCC(C)(C)C)CCNCC(C)(C)C)c1. The molecule has 2 amide bonds. The highest BCUT2D eigenvalue weighted by molar-refractivity contribution is 5.94. The fourth-order valence-electron chi connectivity index (χ4n) is 2.99. The van der Waals surface area contributed by atoms with Crippen molar-refractivity contribution in [3.05, 3.63) is 35.4 Å². The number of nitrogens with one attached hydrogen (secondary N) is 3. The third-order valence-electron chi connectivity index (χ3n) is 4.70. The van der Waals surface area contributed by atoms with Gasteiger partial charge in [-0.2, -0.15) is 0 Å². The lowest BCUT2D eigenvalue weighted by Gasteiger charge is -2.26. The molecule has 0 aliphatic rings. The Balaban J connectivity index is 2.77. The molecule has 0 spiro atoms. The molecule has 3 N–H and O–H groups in total. The zero-order valence-corrected chi connectivity index (χ0v) is 20.7. The van der Waals surface area contributed by atoms with Crippen LogP contribution in [0, 0.1) is 10.8 Å². The fraction of sp³-hybridized carbons (Fsp3) is 0.680. The maximum atomic E-state index is 13.3. The first-order chi connectivity index (χ1) is 14.4. The number of nitrogens with zero attached hydrogens (tertiary/aromatic N) is 1. The summed E-state index contributed by atoms with van der Waals surface area (Å²) in [5, 5.41) is 9.80. The normalized spacial score (nSPS) is 12.0. The second kappa shape index (κ2) is 12.8. The third kappa shape index (κ3) is 12.5. The van der Waals surface area contributed by atoms with Crippen molar-refractivity contribution in [1.82, 2.24) is 20.9 Å². The molecule has 0 aliphatic heterocycles. The molecule has 0 aromatic heterocycles. The molecule has 0 unspecified atom stereocenters. The molecule has 0 saturated heterocycles. The summed E-state index contributed by atoms with van der Waals surface area (Å²) in [6.07, 6.45) is 0.454. The van der Waals surface area contributed by atoms with Crippen molar-refractivity contribution in [3.63, 3.8) is 0 Å². The highest BCUT2D eigenvalue weighted by atomic mass is 16.2. The van der Waals surface area contributed by atoms with Gasteiger partial charge in [0.15, 0.2) is 0 Å². The van der Waals surface area contributed by atoms with Gasteiger partial charge in [0, 0.05) is 57.8 Å². The fourth-order valence-corrected chi connectivity index (χ4v) is 2.99. The summed E-state index contributed by atoms with van der Waals surface area (Å²) < 4.78 is 0. The standard InChI is InChI=1S/C25H44N4O2/c1-8-22(30)28-17-20-10-9-11-21(16-20)23(31)29(14-12-26-18-24(2,3)4)15-13-27-19-25(5,6)7/h9-11,16,26-27H,8,12-15,17-19H2,1-7H3,(H,28,30). The Hall–Kier alpha value is -1.92. The highest BCUT2D eigenvalue weighted by Crippen LogP contribution is 2.12.